The van der Waals surface area contributed by atoms with Crippen molar-refractivity contribution in [1.82, 2.24) is 20.4 Å². The molecule has 0 spiro atoms. The highest BCUT2D eigenvalue weighted by Gasteiger charge is 2.46. The van der Waals surface area contributed by atoms with Crippen LogP contribution in [0.4, 0.5) is 0 Å². The van der Waals surface area contributed by atoms with Crippen LogP contribution in [0.3, 0.4) is 0 Å². The van der Waals surface area contributed by atoms with E-state index in [9.17, 15) is 19.2 Å². The fourth-order valence-corrected chi connectivity index (χ4v) is 6.92. The summed E-state index contributed by atoms with van der Waals surface area (Å²) in [6.07, 6.45) is 7.23. The number of nitrogens with one attached hydrogen (secondary N) is 2. The second-order valence-corrected chi connectivity index (χ2v) is 12.2. The van der Waals surface area contributed by atoms with Crippen molar-refractivity contribution in [2.45, 2.75) is 102 Å². The highest BCUT2D eigenvalue weighted by Crippen LogP contribution is 2.41. The molecule has 1 aliphatic carbocycles. The first-order valence-corrected chi connectivity index (χ1v) is 14.9. The number of amides is 4. The van der Waals surface area contributed by atoms with Gasteiger partial charge in [0, 0.05) is 12.5 Å². The number of nitrogens with zero attached hydrogens (tertiary/aromatic N) is 2. The third-order valence-electron chi connectivity index (χ3n) is 9.16. The van der Waals surface area contributed by atoms with Gasteiger partial charge in [-0.1, -0.05) is 0 Å². The van der Waals surface area contributed by atoms with Crippen molar-refractivity contribution in [2.24, 2.45) is 0 Å². The molecule has 1 aromatic rings. The van der Waals surface area contributed by atoms with Crippen LogP contribution in [0.2, 0.25) is 0 Å². The average molecular weight is 553 g/mol. The number of fused-ring (bicyclic) bond motifs is 1. The zero-order chi connectivity index (χ0) is 28.0. The number of piperidine rings is 3. The first-order chi connectivity index (χ1) is 19.3. The largest absolute Gasteiger partial charge is 0.491 e. The van der Waals surface area contributed by atoms with Crippen LogP contribution in [0.15, 0.2) is 12.1 Å². The third kappa shape index (κ3) is 5.29. The Balaban J connectivity index is 1.13. The molecular weight excluding hydrogens is 512 g/mol. The molecule has 216 valence electrons. The number of likely N-dealkylation sites (tertiary alicyclic amines) is 1. The highest BCUT2D eigenvalue weighted by atomic mass is 16.5. The Labute approximate surface area is 235 Å². The second-order valence-electron chi connectivity index (χ2n) is 12.2. The molecule has 4 aliphatic heterocycles. The number of carbonyl (C=O) groups is 4. The maximum atomic E-state index is 13.4. The predicted molar refractivity (Wildman–Crippen MR) is 146 cm³/mol. The molecule has 1 unspecified atom stereocenters. The van der Waals surface area contributed by atoms with Gasteiger partial charge in [-0.3, -0.25) is 29.4 Å². The van der Waals surface area contributed by atoms with Gasteiger partial charge in [-0.2, -0.15) is 0 Å². The number of rotatable bonds is 7. The Kier molecular flexibility index (Phi) is 7.67. The Morgan fingerprint density at radius 2 is 1.55 bits per heavy atom. The second kappa shape index (κ2) is 11.2. The molecule has 1 aromatic carbocycles. The van der Waals surface area contributed by atoms with E-state index in [2.05, 4.69) is 15.5 Å². The zero-order valence-corrected chi connectivity index (χ0v) is 23.4. The van der Waals surface area contributed by atoms with Crippen LogP contribution in [0.5, 0.6) is 5.75 Å². The monoisotopic (exact) mass is 552 g/mol. The van der Waals surface area contributed by atoms with Gasteiger partial charge in [0.2, 0.25) is 11.8 Å². The van der Waals surface area contributed by atoms with Gasteiger partial charge in [-0.15, -0.1) is 0 Å². The Hall–Kier alpha value is -2.82. The fraction of sp³-hybridized carbons (Fsp3) is 0.667. The summed E-state index contributed by atoms with van der Waals surface area (Å²) in [5, 5.41) is 5.65. The van der Waals surface area contributed by atoms with Crippen molar-refractivity contribution in [3.05, 3.63) is 28.8 Å². The summed E-state index contributed by atoms with van der Waals surface area (Å²) in [4.78, 5) is 54.5. The Morgan fingerprint density at radius 1 is 0.875 bits per heavy atom. The maximum Gasteiger partial charge on any atom is 0.262 e. The number of benzene rings is 1. The summed E-state index contributed by atoms with van der Waals surface area (Å²) in [5.41, 5.74) is 1.54. The molecule has 40 heavy (non-hydrogen) atoms. The normalized spacial score (nSPS) is 28.6. The molecule has 4 heterocycles. The minimum Gasteiger partial charge on any atom is -0.491 e. The van der Waals surface area contributed by atoms with Crippen LogP contribution in [-0.4, -0.2) is 90.0 Å². The van der Waals surface area contributed by atoms with Gasteiger partial charge in [0.1, 0.15) is 11.8 Å². The molecule has 2 N–H and O–H groups in total. The molecule has 10 nitrogen and oxygen atoms in total. The van der Waals surface area contributed by atoms with Crippen molar-refractivity contribution < 1.29 is 28.7 Å². The first kappa shape index (κ1) is 27.4. The van der Waals surface area contributed by atoms with E-state index in [0.29, 0.717) is 29.6 Å². The van der Waals surface area contributed by atoms with Crippen molar-refractivity contribution in [1.29, 1.82) is 0 Å². The number of hydrogen-bond donors (Lipinski definition) is 2. The van der Waals surface area contributed by atoms with Gasteiger partial charge in [0.15, 0.2) is 0 Å². The van der Waals surface area contributed by atoms with Crippen LogP contribution in [0.25, 0.3) is 0 Å². The number of ether oxygens (including phenoxy) is 2. The van der Waals surface area contributed by atoms with E-state index in [4.69, 9.17) is 9.47 Å². The number of imide groups is 2. The molecule has 6 rings (SSSR count). The van der Waals surface area contributed by atoms with Gasteiger partial charge >= 0.3 is 0 Å². The minimum absolute atomic E-state index is 0.0952. The zero-order valence-electron chi connectivity index (χ0n) is 23.4. The maximum absolute atomic E-state index is 13.4. The molecule has 1 atom stereocenters. The van der Waals surface area contributed by atoms with Crippen molar-refractivity contribution >= 4 is 23.6 Å². The molecule has 5 aliphatic rings. The van der Waals surface area contributed by atoms with Gasteiger partial charge < -0.3 is 19.7 Å². The first-order valence-electron chi connectivity index (χ1n) is 14.9. The van der Waals surface area contributed by atoms with E-state index in [1.54, 1.807) is 6.07 Å². The molecule has 3 saturated heterocycles. The summed E-state index contributed by atoms with van der Waals surface area (Å²) >= 11 is 0. The molecule has 1 saturated carbocycles. The van der Waals surface area contributed by atoms with Crippen LogP contribution in [0.1, 0.15) is 97.4 Å². The SMILES string of the molecule is CC(C)Oc1cc2c(cc1C1CCN(C3CC(OC4CCNCC4)C3)CC1)C(=O)N(C1CCC(=O)NC1=O)C2=O. The smallest absolute Gasteiger partial charge is 0.262 e. The lowest BCUT2D eigenvalue weighted by atomic mass is 9.82. The average Bonchev–Trinajstić information content (AvgIpc) is 3.15. The summed E-state index contributed by atoms with van der Waals surface area (Å²) in [6, 6.07) is 3.11. The van der Waals surface area contributed by atoms with Crippen LogP contribution in [0, 0.1) is 0 Å². The molecule has 0 aromatic heterocycles. The van der Waals surface area contributed by atoms with E-state index in [1.807, 2.05) is 19.9 Å². The van der Waals surface area contributed by atoms with Gasteiger partial charge in [0.25, 0.3) is 11.8 Å². The minimum atomic E-state index is -0.976. The summed E-state index contributed by atoms with van der Waals surface area (Å²) in [5.74, 6) is -1.11. The molecule has 10 heteroatoms. The van der Waals surface area contributed by atoms with Crippen molar-refractivity contribution in [3.63, 3.8) is 0 Å². The lowest BCUT2D eigenvalue weighted by Crippen LogP contribution is -2.54. The number of carbonyl (C=O) groups excluding carboxylic acids is 4. The van der Waals surface area contributed by atoms with Crippen molar-refractivity contribution in [3.8, 4) is 5.75 Å². The molecule has 0 bridgehead atoms. The summed E-state index contributed by atoms with van der Waals surface area (Å²) in [7, 11) is 0. The van der Waals surface area contributed by atoms with Crippen LogP contribution < -0.4 is 15.4 Å². The fourth-order valence-electron chi connectivity index (χ4n) is 6.92. The molecule has 4 fully saturated rings. The van der Waals surface area contributed by atoms with E-state index >= 15 is 0 Å². The summed E-state index contributed by atoms with van der Waals surface area (Å²) in [6.45, 7) is 7.94. The highest BCUT2D eigenvalue weighted by molar-refractivity contribution is 6.23. The molecule has 4 amide bonds. The molecule has 0 radical (unpaired) electrons. The Morgan fingerprint density at radius 3 is 2.20 bits per heavy atom. The van der Waals surface area contributed by atoms with Crippen LogP contribution in [-0.2, 0) is 14.3 Å². The van der Waals surface area contributed by atoms with E-state index in [1.165, 1.54) is 0 Å². The van der Waals surface area contributed by atoms with Gasteiger partial charge in [0.05, 0.1) is 29.4 Å². The lowest BCUT2D eigenvalue weighted by Gasteiger charge is -2.46. The van der Waals surface area contributed by atoms with E-state index in [0.717, 1.165) is 75.2 Å². The topological polar surface area (TPSA) is 117 Å². The van der Waals surface area contributed by atoms with E-state index in [-0.39, 0.29) is 36.3 Å². The molecular formula is C30H40N4O6. The Bertz CT molecular complexity index is 1180. The third-order valence-corrected chi connectivity index (χ3v) is 9.16. The van der Waals surface area contributed by atoms with Gasteiger partial charge in [-0.25, -0.2) is 0 Å². The van der Waals surface area contributed by atoms with Gasteiger partial charge in [-0.05, 0) is 109 Å². The standard InChI is InChI=1S/C30H40N4O6/c1-17(2)39-26-16-24-23(29(37)34(30(24)38)25-3-4-27(35)32-28(25)36)15-22(26)18-7-11-33(12-8-18)19-13-21(14-19)40-20-5-9-31-10-6-20/h15-21,25,31H,3-14H2,1-2H3,(H,32,35,36). The van der Waals surface area contributed by atoms with Crippen molar-refractivity contribution in [2.75, 3.05) is 26.2 Å². The lowest BCUT2D eigenvalue weighted by molar-refractivity contribution is -0.136. The van der Waals surface area contributed by atoms with E-state index < -0.39 is 23.8 Å². The quantitative estimate of drug-likeness (QED) is 0.495. The number of hydrogen-bond acceptors (Lipinski definition) is 8. The summed E-state index contributed by atoms with van der Waals surface area (Å²) < 4.78 is 12.5. The van der Waals surface area contributed by atoms with Crippen LogP contribution >= 0.6 is 0 Å². The predicted octanol–water partition coefficient (Wildman–Crippen LogP) is 2.35.